The molecule has 4 nitrogen and oxygen atoms in total. The van der Waals surface area contributed by atoms with Gasteiger partial charge in [0.1, 0.15) is 11.6 Å². The molecule has 0 radical (unpaired) electrons. The van der Waals surface area contributed by atoms with Gasteiger partial charge in [-0.15, -0.1) is 0 Å². The fourth-order valence-electron chi connectivity index (χ4n) is 1.48. The summed E-state index contributed by atoms with van der Waals surface area (Å²) in [7, 11) is 0. The third kappa shape index (κ3) is 3.40. The summed E-state index contributed by atoms with van der Waals surface area (Å²) in [6.45, 7) is 5.20. The van der Waals surface area contributed by atoms with Gasteiger partial charge in [-0.3, -0.25) is 0 Å². The molecule has 1 aromatic rings. The number of nitrogens with two attached hydrogens (primary N) is 1. The molecule has 0 bridgehead atoms. The van der Waals surface area contributed by atoms with Crippen LogP contribution in [-0.4, -0.2) is 29.3 Å². The van der Waals surface area contributed by atoms with Crippen molar-refractivity contribution >= 4 is 11.6 Å². The minimum atomic E-state index is 0.200. The first-order chi connectivity index (χ1) is 7.15. The van der Waals surface area contributed by atoms with Crippen molar-refractivity contribution in [2.45, 2.75) is 26.3 Å². The molecule has 84 valence electrons. The molecule has 0 aromatic carbocycles. The minimum Gasteiger partial charge on any atom is -0.396 e. The summed E-state index contributed by atoms with van der Waals surface area (Å²) in [5.41, 5.74) is 5.64. The van der Waals surface area contributed by atoms with Gasteiger partial charge in [-0.25, -0.2) is 4.98 Å². The molecule has 0 amide bonds. The van der Waals surface area contributed by atoms with Gasteiger partial charge >= 0.3 is 0 Å². The van der Waals surface area contributed by atoms with Gasteiger partial charge in [-0.1, -0.05) is 6.07 Å². The van der Waals surface area contributed by atoms with Crippen LogP contribution in [0.2, 0.25) is 0 Å². The van der Waals surface area contributed by atoms with Crippen molar-refractivity contribution in [3.8, 4) is 0 Å². The van der Waals surface area contributed by atoms with E-state index in [1.165, 1.54) is 0 Å². The first kappa shape index (κ1) is 11.8. The summed E-state index contributed by atoms with van der Waals surface area (Å²) < 4.78 is 0. The summed E-state index contributed by atoms with van der Waals surface area (Å²) in [5, 5.41) is 8.83. The predicted octanol–water partition coefficient (Wildman–Crippen LogP) is 1.26. The average Bonchev–Trinajstić information content (AvgIpc) is 2.18. The highest BCUT2D eigenvalue weighted by molar-refractivity contribution is 5.45. The Balaban J connectivity index is 2.79. The highest BCUT2D eigenvalue weighted by Crippen LogP contribution is 2.15. The first-order valence-corrected chi connectivity index (χ1v) is 5.25. The molecule has 1 rings (SSSR count). The van der Waals surface area contributed by atoms with Gasteiger partial charge in [-0.2, -0.15) is 0 Å². The topological polar surface area (TPSA) is 62.4 Å². The van der Waals surface area contributed by atoms with Gasteiger partial charge in [0.15, 0.2) is 0 Å². The highest BCUT2D eigenvalue weighted by atomic mass is 16.3. The maximum atomic E-state index is 8.83. The summed E-state index contributed by atoms with van der Waals surface area (Å²) >= 11 is 0. The molecule has 0 spiro atoms. The van der Waals surface area contributed by atoms with Crippen molar-refractivity contribution in [1.29, 1.82) is 0 Å². The molecule has 0 atom stereocenters. The Morgan fingerprint density at radius 3 is 2.73 bits per heavy atom. The number of aliphatic hydroxyl groups excluding tert-OH is 1. The van der Waals surface area contributed by atoms with Crippen LogP contribution in [0.5, 0.6) is 0 Å². The second-order valence-electron chi connectivity index (χ2n) is 3.78. The van der Waals surface area contributed by atoms with E-state index in [1.807, 2.05) is 12.1 Å². The Kier molecular flexibility index (Phi) is 4.37. The maximum absolute atomic E-state index is 8.83. The molecular formula is C11H19N3O. The zero-order valence-corrected chi connectivity index (χ0v) is 9.35. The van der Waals surface area contributed by atoms with Crippen LogP contribution < -0.4 is 10.6 Å². The summed E-state index contributed by atoms with van der Waals surface area (Å²) in [5.74, 6) is 1.40. The fraction of sp³-hybridized carbons (Fsp3) is 0.545. The molecular weight excluding hydrogens is 190 g/mol. The fourth-order valence-corrected chi connectivity index (χ4v) is 1.48. The number of anilines is 2. The predicted molar refractivity (Wildman–Crippen MR) is 62.8 cm³/mol. The second-order valence-corrected chi connectivity index (χ2v) is 3.78. The van der Waals surface area contributed by atoms with Crippen molar-refractivity contribution in [3.05, 3.63) is 18.2 Å². The van der Waals surface area contributed by atoms with Crippen molar-refractivity contribution in [1.82, 2.24) is 4.98 Å². The van der Waals surface area contributed by atoms with E-state index < -0.39 is 0 Å². The van der Waals surface area contributed by atoms with E-state index in [4.69, 9.17) is 10.8 Å². The van der Waals surface area contributed by atoms with E-state index in [0.29, 0.717) is 11.9 Å². The number of aliphatic hydroxyl groups is 1. The minimum absolute atomic E-state index is 0.200. The largest absolute Gasteiger partial charge is 0.396 e. The molecule has 0 saturated carbocycles. The lowest BCUT2D eigenvalue weighted by atomic mass is 10.2. The Morgan fingerprint density at radius 2 is 2.20 bits per heavy atom. The van der Waals surface area contributed by atoms with Crippen LogP contribution in [-0.2, 0) is 0 Å². The Morgan fingerprint density at radius 1 is 1.47 bits per heavy atom. The quantitative estimate of drug-likeness (QED) is 0.766. The summed E-state index contributed by atoms with van der Waals surface area (Å²) in [6.07, 6.45) is 0.745. The number of rotatable bonds is 5. The standard InChI is InChI=1S/C11H19N3O/c1-9(2)14(7-4-8-15)11-6-3-5-10(12)13-11/h3,5-6,9,15H,4,7-8H2,1-2H3,(H2,12,13). The third-order valence-electron chi connectivity index (χ3n) is 2.23. The van der Waals surface area contributed by atoms with Crippen molar-refractivity contribution in [3.63, 3.8) is 0 Å². The van der Waals surface area contributed by atoms with Crippen molar-refractivity contribution in [2.75, 3.05) is 23.8 Å². The monoisotopic (exact) mass is 209 g/mol. The molecule has 4 heteroatoms. The molecule has 0 unspecified atom stereocenters. The molecule has 0 aliphatic heterocycles. The van der Waals surface area contributed by atoms with Crippen LogP contribution in [0.15, 0.2) is 18.2 Å². The molecule has 0 fully saturated rings. The molecule has 0 saturated heterocycles. The highest BCUT2D eigenvalue weighted by Gasteiger charge is 2.10. The van der Waals surface area contributed by atoms with Crippen LogP contribution in [0.3, 0.4) is 0 Å². The van der Waals surface area contributed by atoms with Gasteiger partial charge in [0, 0.05) is 19.2 Å². The number of hydrogen-bond acceptors (Lipinski definition) is 4. The Bertz CT molecular complexity index is 302. The van der Waals surface area contributed by atoms with Crippen LogP contribution in [0.25, 0.3) is 0 Å². The van der Waals surface area contributed by atoms with Gasteiger partial charge < -0.3 is 15.7 Å². The molecule has 0 aliphatic rings. The summed E-state index contributed by atoms with van der Waals surface area (Å²) in [4.78, 5) is 6.40. The van der Waals surface area contributed by atoms with E-state index in [-0.39, 0.29) is 6.61 Å². The van der Waals surface area contributed by atoms with Crippen LogP contribution in [0.1, 0.15) is 20.3 Å². The number of nitrogens with zero attached hydrogens (tertiary/aromatic N) is 2. The number of nitrogen functional groups attached to an aromatic ring is 1. The van der Waals surface area contributed by atoms with E-state index in [9.17, 15) is 0 Å². The smallest absolute Gasteiger partial charge is 0.131 e. The van der Waals surface area contributed by atoms with E-state index in [1.54, 1.807) is 6.07 Å². The van der Waals surface area contributed by atoms with Crippen LogP contribution in [0.4, 0.5) is 11.6 Å². The average molecular weight is 209 g/mol. The van der Waals surface area contributed by atoms with E-state index in [0.717, 1.165) is 18.8 Å². The van der Waals surface area contributed by atoms with Crippen molar-refractivity contribution < 1.29 is 5.11 Å². The summed E-state index contributed by atoms with van der Waals surface area (Å²) in [6, 6.07) is 5.96. The molecule has 0 aliphatic carbocycles. The van der Waals surface area contributed by atoms with Crippen molar-refractivity contribution in [2.24, 2.45) is 0 Å². The van der Waals surface area contributed by atoms with Crippen LogP contribution >= 0.6 is 0 Å². The maximum Gasteiger partial charge on any atom is 0.131 e. The second kappa shape index (κ2) is 5.56. The van der Waals surface area contributed by atoms with Gasteiger partial charge in [0.25, 0.3) is 0 Å². The van der Waals surface area contributed by atoms with Gasteiger partial charge in [-0.05, 0) is 32.4 Å². The van der Waals surface area contributed by atoms with Gasteiger partial charge in [0.2, 0.25) is 0 Å². The number of aromatic nitrogens is 1. The van der Waals surface area contributed by atoms with E-state index in [2.05, 4.69) is 23.7 Å². The Labute approximate surface area is 90.7 Å². The number of hydrogen-bond donors (Lipinski definition) is 2. The Hall–Kier alpha value is -1.29. The van der Waals surface area contributed by atoms with Gasteiger partial charge in [0.05, 0.1) is 0 Å². The zero-order chi connectivity index (χ0) is 11.3. The lowest BCUT2D eigenvalue weighted by Crippen LogP contribution is -2.33. The molecule has 1 heterocycles. The van der Waals surface area contributed by atoms with E-state index >= 15 is 0 Å². The molecule has 15 heavy (non-hydrogen) atoms. The molecule has 1 aromatic heterocycles. The molecule has 3 N–H and O–H groups in total. The normalized spacial score (nSPS) is 10.7. The zero-order valence-electron chi connectivity index (χ0n) is 9.35. The number of pyridine rings is 1. The SMILES string of the molecule is CC(C)N(CCCO)c1cccc(N)n1. The lowest BCUT2D eigenvalue weighted by Gasteiger charge is -2.27. The lowest BCUT2D eigenvalue weighted by molar-refractivity contribution is 0.288. The first-order valence-electron chi connectivity index (χ1n) is 5.25. The third-order valence-corrected chi connectivity index (χ3v) is 2.23. The van der Waals surface area contributed by atoms with Crippen LogP contribution in [0, 0.1) is 0 Å².